The Hall–Kier alpha value is -2.66. The Kier molecular flexibility index (Phi) is 8.61. The summed E-state index contributed by atoms with van der Waals surface area (Å²) in [6.07, 6.45) is 3.56. The second-order valence-corrected chi connectivity index (χ2v) is 9.39. The van der Waals surface area contributed by atoms with Crippen molar-refractivity contribution in [2.45, 2.75) is 31.9 Å². The molecular formula is C24H26ClFN4O4S. The number of amidine groups is 1. The lowest BCUT2D eigenvalue weighted by atomic mass is 9.95. The van der Waals surface area contributed by atoms with Crippen molar-refractivity contribution in [3.05, 3.63) is 62.5 Å². The van der Waals surface area contributed by atoms with E-state index in [0.29, 0.717) is 66.8 Å². The molecule has 8 nitrogen and oxygen atoms in total. The van der Waals surface area contributed by atoms with Gasteiger partial charge in [0.25, 0.3) is 0 Å². The lowest BCUT2D eigenvalue weighted by Crippen LogP contribution is -2.46. The zero-order chi connectivity index (χ0) is 24.8. The first-order chi connectivity index (χ1) is 17.0. The van der Waals surface area contributed by atoms with E-state index in [4.69, 9.17) is 26.1 Å². The number of carbonyl (C=O) groups is 2. The minimum atomic E-state index is -0.802. The number of aldehydes is 1. The van der Waals surface area contributed by atoms with Crippen molar-refractivity contribution in [3.8, 4) is 0 Å². The molecule has 35 heavy (non-hydrogen) atoms. The number of thiazole rings is 1. The van der Waals surface area contributed by atoms with Crippen molar-refractivity contribution in [1.29, 1.82) is 0 Å². The minimum absolute atomic E-state index is 0.0707. The summed E-state index contributed by atoms with van der Waals surface area (Å²) in [5, 5.41) is 5.96. The fraction of sp³-hybridized carbons (Fsp3) is 0.417. The maximum Gasteiger partial charge on any atom is 0.338 e. The number of esters is 1. The SMILES string of the molecule is CCOC(=O)C1=C(CN2CCO[C@H](CCC=O)C2)NC(c2nccs2)=N[C@@H]1c1ccc(F)cc1Cl. The molecule has 2 aliphatic rings. The van der Waals surface area contributed by atoms with Crippen LogP contribution in [-0.4, -0.2) is 66.9 Å². The van der Waals surface area contributed by atoms with Crippen LogP contribution in [-0.2, 0) is 19.1 Å². The second-order valence-electron chi connectivity index (χ2n) is 8.09. The van der Waals surface area contributed by atoms with Gasteiger partial charge in [-0.15, -0.1) is 11.3 Å². The topological polar surface area (TPSA) is 93.1 Å². The number of nitrogens with zero attached hydrogens (tertiary/aromatic N) is 3. The van der Waals surface area contributed by atoms with Gasteiger partial charge in [0.05, 0.1) is 24.9 Å². The number of hydrogen-bond acceptors (Lipinski definition) is 9. The third-order valence-electron chi connectivity index (χ3n) is 5.72. The molecule has 0 bridgehead atoms. The van der Waals surface area contributed by atoms with E-state index in [1.54, 1.807) is 13.1 Å². The quantitative estimate of drug-likeness (QED) is 0.399. The summed E-state index contributed by atoms with van der Waals surface area (Å²) in [6.45, 7) is 4.11. The van der Waals surface area contributed by atoms with Gasteiger partial charge in [-0.05, 0) is 25.5 Å². The van der Waals surface area contributed by atoms with Gasteiger partial charge in [-0.1, -0.05) is 17.7 Å². The summed E-state index contributed by atoms with van der Waals surface area (Å²) in [5.74, 6) is -0.499. The lowest BCUT2D eigenvalue weighted by molar-refractivity contribution is -0.139. The van der Waals surface area contributed by atoms with E-state index in [-0.39, 0.29) is 17.7 Å². The van der Waals surface area contributed by atoms with Crippen LogP contribution in [0.5, 0.6) is 0 Å². The number of rotatable bonds is 9. The van der Waals surface area contributed by atoms with Gasteiger partial charge in [-0.3, -0.25) is 9.89 Å². The Morgan fingerprint density at radius 2 is 2.31 bits per heavy atom. The molecule has 1 aromatic heterocycles. The molecule has 0 amide bonds. The molecule has 1 fully saturated rings. The number of halogens is 2. The normalized spacial score (nSPS) is 20.8. The Balaban J connectivity index is 1.74. The molecule has 0 aliphatic carbocycles. The molecule has 0 radical (unpaired) electrons. The Bertz CT molecular complexity index is 1120. The number of ether oxygens (including phenoxy) is 2. The molecule has 2 aromatic rings. The van der Waals surface area contributed by atoms with Gasteiger partial charge in [-0.2, -0.15) is 0 Å². The monoisotopic (exact) mass is 520 g/mol. The van der Waals surface area contributed by atoms with Crippen molar-refractivity contribution in [1.82, 2.24) is 15.2 Å². The van der Waals surface area contributed by atoms with Gasteiger partial charge < -0.3 is 19.6 Å². The van der Waals surface area contributed by atoms with Crippen LogP contribution in [0.15, 0.2) is 46.0 Å². The molecule has 3 heterocycles. The fourth-order valence-corrected chi connectivity index (χ4v) is 5.00. The molecule has 1 N–H and O–H groups in total. The smallest absolute Gasteiger partial charge is 0.338 e. The van der Waals surface area contributed by atoms with Gasteiger partial charge in [0.15, 0.2) is 10.8 Å². The third kappa shape index (κ3) is 6.13. The van der Waals surface area contributed by atoms with E-state index in [1.807, 2.05) is 5.38 Å². The standard InChI is InChI=1S/C24H26ClFN4O4S/c1-2-33-24(32)20-19(14-30-8-10-34-16(13-30)4-3-9-31)28-22(23-27-7-11-35-23)29-21(20)17-6-5-15(26)12-18(17)25/h5-7,9,11-12,16,21H,2-4,8,10,13-14H2,1H3,(H,28,29)/t16-,21-/m1/s1. The first kappa shape index (κ1) is 25.4. The molecular weight excluding hydrogens is 495 g/mol. The van der Waals surface area contributed by atoms with Crippen LogP contribution < -0.4 is 5.32 Å². The average molecular weight is 521 g/mol. The van der Waals surface area contributed by atoms with Crippen molar-refractivity contribution < 1.29 is 23.5 Å². The van der Waals surface area contributed by atoms with Crippen molar-refractivity contribution in [2.75, 3.05) is 32.8 Å². The van der Waals surface area contributed by atoms with Gasteiger partial charge in [0.1, 0.15) is 18.1 Å². The molecule has 186 valence electrons. The number of carbonyl (C=O) groups excluding carboxylic acids is 2. The highest BCUT2D eigenvalue weighted by Crippen LogP contribution is 2.37. The summed E-state index contributed by atoms with van der Waals surface area (Å²) < 4.78 is 25.0. The molecule has 0 saturated carbocycles. The van der Waals surface area contributed by atoms with Crippen LogP contribution in [0.3, 0.4) is 0 Å². The Morgan fingerprint density at radius 3 is 3.03 bits per heavy atom. The highest BCUT2D eigenvalue weighted by Gasteiger charge is 2.35. The van der Waals surface area contributed by atoms with E-state index in [1.165, 1.54) is 29.5 Å². The molecule has 0 unspecified atom stereocenters. The maximum absolute atomic E-state index is 13.8. The highest BCUT2D eigenvalue weighted by atomic mass is 35.5. The van der Waals surface area contributed by atoms with Crippen LogP contribution in [0.4, 0.5) is 4.39 Å². The second kappa shape index (κ2) is 11.9. The third-order valence-corrected chi connectivity index (χ3v) is 6.83. The predicted molar refractivity (Wildman–Crippen MR) is 131 cm³/mol. The van der Waals surface area contributed by atoms with Gasteiger partial charge >= 0.3 is 5.97 Å². The minimum Gasteiger partial charge on any atom is -0.463 e. The number of hydrogen-bond donors (Lipinski definition) is 1. The lowest BCUT2D eigenvalue weighted by Gasteiger charge is -2.35. The fourth-order valence-electron chi connectivity index (χ4n) is 4.14. The number of nitrogens with one attached hydrogen (secondary N) is 1. The van der Waals surface area contributed by atoms with Crippen LogP contribution in [0.25, 0.3) is 0 Å². The summed E-state index contributed by atoms with van der Waals surface area (Å²) in [7, 11) is 0. The molecule has 0 spiro atoms. The number of morpholine rings is 1. The predicted octanol–water partition coefficient (Wildman–Crippen LogP) is 3.52. The first-order valence-electron chi connectivity index (χ1n) is 11.4. The number of benzene rings is 1. The zero-order valence-corrected chi connectivity index (χ0v) is 20.8. The highest BCUT2D eigenvalue weighted by molar-refractivity contribution is 7.11. The molecule has 11 heteroatoms. The van der Waals surface area contributed by atoms with Crippen LogP contribution >= 0.6 is 22.9 Å². The van der Waals surface area contributed by atoms with Gasteiger partial charge in [0, 0.05) is 53.9 Å². The van der Waals surface area contributed by atoms with Crippen molar-refractivity contribution in [2.24, 2.45) is 4.99 Å². The Labute approximate surface area is 211 Å². The van der Waals surface area contributed by atoms with Gasteiger partial charge in [-0.25, -0.2) is 14.2 Å². The molecule has 2 aliphatic heterocycles. The van der Waals surface area contributed by atoms with E-state index in [9.17, 15) is 14.0 Å². The summed E-state index contributed by atoms with van der Waals surface area (Å²) >= 11 is 7.82. The molecule has 2 atom stereocenters. The van der Waals surface area contributed by atoms with Crippen molar-refractivity contribution in [3.63, 3.8) is 0 Å². The number of aliphatic imine (C=N–C) groups is 1. The summed E-state index contributed by atoms with van der Waals surface area (Å²) in [4.78, 5) is 35.3. The van der Waals surface area contributed by atoms with Gasteiger partial charge in [0.2, 0.25) is 0 Å². The summed E-state index contributed by atoms with van der Waals surface area (Å²) in [5.41, 5.74) is 1.43. The number of aromatic nitrogens is 1. The average Bonchev–Trinajstić information content (AvgIpc) is 3.38. The van der Waals surface area contributed by atoms with Crippen LogP contribution in [0, 0.1) is 5.82 Å². The van der Waals surface area contributed by atoms with Crippen LogP contribution in [0.2, 0.25) is 5.02 Å². The molecule has 1 saturated heterocycles. The summed E-state index contributed by atoms with van der Waals surface area (Å²) in [6, 6.07) is 3.24. The van der Waals surface area contributed by atoms with Crippen LogP contribution in [0.1, 0.15) is 36.4 Å². The molecule has 1 aromatic carbocycles. The zero-order valence-electron chi connectivity index (χ0n) is 19.2. The Morgan fingerprint density at radius 1 is 1.46 bits per heavy atom. The first-order valence-corrected chi connectivity index (χ1v) is 12.6. The largest absolute Gasteiger partial charge is 0.463 e. The van der Waals surface area contributed by atoms with Crippen molar-refractivity contribution >= 4 is 41.0 Å². The van der Waals surface area contributed by atoms with E-state index >= 15 is 0 Å². The maximum atomic E-state index is 13.8. The molecule has 4 rings (SSSR count). The van der Waals surface area contributed by atoms with E-state index in [0.717, 1.165) is 6.29 Å². The van der Waals surface area contributed by atoms with E-state index < -0.39 is 17.8 Å². The van der Waals surface area contributed by atoms with E-state index in [2.05, 4.69) is 15.2 Å².